The summed E-state index contributed by atoms with van der Waals surface area (Å²) in [4.78, 5) is 22.5. The van der Waals surface area contributed by atoms with Crippen molar-refractivity contribution in [3.05, 3.63) is 321 Å². The maximum Gasteiger partial charge on any atom is 1.00 e. The van der Waals surface area contributed by atoms with Gasteiger partial charge in [-0.25, -0.2) is 19.9 Å². The van der Waals surface area contributed by atoms with E-state index in [0.717, 1.165) is 55.4 Å². The molecule has 0 atom stereocenters. The van der Waals surface area contributed by atoms with Gasteiger partial charge in [-0.05, 0) is 131 Å². The Morgan fingerprint density at radius 1 is 0.263 bits per heavy atom. The minimum Gasteiger partial charge on any atom is -1.00 e. The Morgan fingerprint density at radius 2 is 0.616 bits per heavy atom. The number of fused-ring (bicyclic) bond motifs is 20. The van der Waals surface area contributed by atoms with Crippen molar-refractivity contribution in [2.24, 2.45) is 0 Å². The average Bonchev–Trinajstić information content (AvgIpc) is 1.55. The van der Waals surface area contributed by atoms with Gasteiger partial charge in [-0.15, -0.1) is 0 Å². The number of aromatic nitrogens is 8. The van der Waals surface area contributed by atoms with Crippen molar-refractivity contribution in [1.82, 2.24) is 38.3 Å². The SMILES string of the molecule is C.Clc1nc(-c2ccccc2)c2ccccc2n1.[H-].[Na+].c1ccc(-c2nc(-n3c4ccccc4c4cc(-c5cc6c7ccccc7n7c8ccccc8c(c5)c67)ccc43)nc3ccccc23)cc1.c1ccc2c(c1)[nH]c1ccc(-c3cc4c5ccccc5n5c6ccccc6c(c3)c45)cc12. The zero-order valence-electron chi connectivity index (χ0n) is 54.0. The molecule has 8 nitrogen and oxygen atoms in total. The van der Waals surface area contributed by atoms with E-state index in [-0.39, 0.29) is 43.7 Å². The first kappa shape index (κ1) is 59.7. The number of hydrogen-bond donors (Lipinski definition) is 1. The second kappa shape index (κ2) is 23.8. The standard InChI is InChI=1S/C44H26N4.C30H18N2.C14H9ClN2.CH4.Na.H/c1-2-12-27(13-3-1)42-33-17-4-8-18-37(33)45-44(46-42)48-40-21-11-5-14-30(40)34-24-28(22-23-41(34)48)29-25-35-31-15-6-9-19-38(31)47-39-20-10-7-16-32(39)36(26-29)43(35)47;1-4-10-26-20(7-1)23-15-18(13-14-27(23)31-26)19-16-24-21-8-2-5-11-28(21)32-29-12-6-3-9-22(29)25(17-19)30(24)32;15-14-16-12-9-5-4-8-11(12)13(17-14)10-6-2-1-3-7-10;;;/h1-26H;1-17,31H;1-9H;1H4;;/q;;;;+1;-1. The Hall–Kier alpha value is -11.8. The van der Waals surface area contributed by atoms with Crippen LogP contribution < -0.4 is 29.6 Å². The molecule has 0 radical (unpaired) electrons. The molecule has 10 heteroatoms. The minimum absolute atomic E-state index is 0. The van der Waals surface area contributed by atoms with Crippen LogP contribution in [0.3, 0.4) is 0 Å². The van der Waals surface area contributed by atoms with Crippen molar-refractivity contribution in [2.75, 3.05) is 0 Å². The van der Waals surface area contributed by atoms with Crippen LogP contribution >= 0.6 is 11.6 Å². The number of rotatable bonds is 5. The Balaban J connectivity index is 0.000000124. The molecule has 8 aromatic heterocycles. The van der Waals surface area contributed by atoms with Crippen LogP contribution in [0, 0.1) is 0 Å². The molecular formula is C89H58ClN8Na. The van der Waals surface area contributed by atoms with E-state index in [1.54, 1.807) is 0 Å². The number of hydrogen-bond acceptors (Lipinski definition) is 4. The topological polar surface area (TPSA) is 81.1 Å². The van der Waals surface area contributed by atoms with Gasteiger partial charge < -0.3 is 15.2 Å². The maximum atomic E-state index is 5.95. The predicted molar refractivity (Wildman–Crippen MR) is 413 cm³/mol. The summed E-state index contributed by atoms with van der Waals surface area (Å²) < 4.78 is 7.09. The van der Waals surface area contributed by atoms with Crippen molar-refractivity contribution in [1.29, 1.82) is 0 Å². The fourth-order valence-electron chi connectivity index (χ4n) is 15.5. The van der Waals surface area contributed by atoms with Crippen LogP contribution in [-0.2, 0) is 0 Å². The van der Waals surface area contributed by atoms with Crippen LogP contribution in [0.2, 0.25) is 5.28 Å². The van der Waals surface area contributed by atoms with Crippen LogP contribution in [0.5, 0.6) is 0 Å². The summed E-state index contributed by atoms with van der Waals surface area (Å²) >= 11 is 5.95. The first-order chi connectivity index (χ1) is 48.0. The van der Waals surface area contributed by atoms with E-state index in [2.05, 4.69) is 277 Å². The van der Waals surface area contributed by atoms with E-state index in [4.69, 9.17) is 21.6 Å². The molecule has 22 aromatic rings. The van der Waals surface area contributed by atoms with Gasteiger partial charge in [0.05, 0.1) is 66.6 Å². The molecule has 8 heterocycles. The summed E-state index contributed by atoms with van der Waals surface area (Å²) in [7, 11) is 0. The summed E-state index contributed by atoms with van der Waals surface area (Å²) in [6, 6.07) is 112. The summed E-state index contributed by atoms with van der Waals surface area (Å²) in [6.45, 7) is 0. The molecule has 0 aliphatic rings. The largest absolute Gasteiger partial charge is 1.00 e. The van der Waals surface area contributed by atoms with E-state index in [9.17, 15) is 0 Å². The van der Waals surface area contributed by atoms with Crippen LogP contribution in [0.25, 0.3) is 192 Å². The van der Waals surface area contributed by atoms with E-state index in [0.29, 0.717) is 5.95 Å². The normalized spacial score (nSPS) is 11.7. The number of aromatic amines is 1. The first-order valence-corrected chi connectivity index (χ1v) is 33.1. The van der Waals surface area contributed by atoms with Crippen molar-refractivity contribution < 1.29 is 31.0 Å². The zero-order valence-corrected chi connectivity index (χ0v) is 55.8. The van der Waals surface area contributed by atoms with Crippen LogP contribution in [-0.4, -0.2) is 38.3 Å². The fraction of sp³-hybridized carbons (Fsp3) is 0.0112. The van der Waals surface area contributed by atoms with Gasteiger partial charge in [-0.3, -0.25) is 4.57 Å². The van der Waals surface area contributed by atoms with E-state index in [1.807, 2.05) is 66.7 Å². The molecule has 1 N–H and O–H groups in total. The molecule has 0 aliphatic heterocycles. The molecule has 0 unspecified atom stereocenters. The van der Waals surface area contributed by atoms with Crippen molar-refractivity contribution in [3.63, 3.8) is 0 Å². The monoisotopic (exact) mass is 1300 g/mol. The third-order valence-corrected chi connectivity index (χ3v) is 19.9. The summed E-state index contributed by atoms with van der Waals surface area (Å²) in [5.41, 5.74) is 22.9. The fourth-order valence-corrected chi connectivity index (χ4v) is 15.6. The third-order valence-electron chi connectivity index (χ3n) is 19.7. The van der Waals surface area contributed by atoms with Gasteiger partial charge in [0.25, 0.3) is 0 Å². The second-order valence-electron chi connectivity index (χ2n) is 25.1. The quantitative estimate of drug-likeness (QED) is 0.138. The van der Waals surface area contributed by atoms with Crippen LogP contribution in [0.4, 0.5) is 0 Å². The number of nitrogens with one attached hydrogen (secondary N) is 1. The van der Waals surface area contributed by atoms with Crippen molar-refractivity contribution in [3.8, 4) is 50.7 Å². The zero-order chi connectivity index (χ0) is 63.8. The number of benzene rings is 14. The molecule has 22 rings (SSSR count). The molecule has 0 saturated heterocycles. The number of para-hydroxylation sites is 8. The van der Waals surface area contributed by atoms with Crippen molar-refractivity contribution >= 4 is 153 Å². The van der Waals surface area contributed by atoms with Gasteiger partial charge >= 0.3 is 29.6 Å². The predicted octanol–water partition coefficient (Wildman–Crippen LogP) is 21.1. The van der Waals surface area contributed by atoms with Crippen LogP contribution in [0.15, 0.2) is 315 Å². The number of nitrogens with zero attached hydrogens (tertiary/aromatic N) is 7. The van der Waals surface area contributed by atoms with Gasteiger partial charge in [-0.1, -0.05) is 226 Å². The molecule has 462 valence electrons. The van der Waals surface area contributed by atoms with Gasteiger partial charge in [0.15, 0.2) is 0 Å². The Kier molecular flexibility index (Phi) is 14.4. The van der Waals surface area contributed by atoms with E-state index < -0.39 is 0 Å². The Bertz CT molecular complexity index is 6750. The molecule has 0 saturated carbocycles. The van der Waals surface area contributed by atoms with Gasteiger partial charge in [0, 0.05) is 97.6 Å². The maximum absolute atomic E-state index is 5.95. The molecule has 0 bridgehead atoms. The molecule has 0 amide bonds. The first-order valence-electron chi connectivity index (χ1n) is 32.7. The molecule has 99 heavy (non-hydrogen) atoms. The smallest absolute Gasteiger partial charge is 1.00 e. The average molecular weight is 1300 g/mol. The molecule has 0 aliphatic carbocycles. The molecule has 14 aromatic carbocycles. The summed E-state index contributed by atoms with van der Waals surface area (Å²) in [6.07, 6.45) is 0. The number of halogens is 1. The Morgan fingerprint density at radius 3 is 1.12 bits per heavy atom. The van der Waals surface area contributed by atoms with Crippen molar-refractivity contribution in [2.45, 2.75) is 7.43 Å². The number of H-pyrrole nitrogens is 1. The van der Waals surface area contributed by atoms with Gasteiger partial charge in [0.2, 0.25) is 11.2 Å². The summed E-state index contributed by atoms with van der Waals surface area (Å²) in [5, 5.41) is 17.7. The third kappa shape index (κ3) is 9.47. The Labute approximate surface area is 596 Å². The molecule has 0 spiro atoms. The van der Waals surface area contributed by atoms with E-state index >= 15 is 0 Å². The molecule has 0 fully saturated rings. The van der Waals surface area contributed by atoms with E-state index in [1.165, 1.54) is 131 Å². The van der Waals surface area contributed by atoms with Crippen LogP contribution in [0.1, 0.15) is 8.85 Å². The molecular weight excluding hydrogens is 1240 g/mol. The van der Waals surface area contributed by atoms with Gasteiger partial charge in [0.1, 0.15) is 0 Å². The summed E-state index contributed by atoms with van der Waals surface area (Å²) in [5.74, 6) is 0.672. The minimum atomic E-state index is 0. The van der Waals surface area contributed by atoms with Gasteiger partial charge in [-0.2, -0.15) is 0 Å². The second-order valence-corrected chi connectivity index (χ2v) is 25.4.